The van der Waals surface area contributed by atoms with Crippen molar-refractivity contribution in [2.45, 2.75) is 12.4 Å². The largest absolute Gasteiger partial charge is 0.477 e. The van der Waals surface area contributed by atoms with E-state index >= 15 is 0 Å². The Balaban J connectivity index is 2.77. The van der Waals surface area contributed by atoms with Crippen molar-refractivity contribution >= 4 is 23.7 Å². The fourth-order valence-corrected chi connectivity index (χ4v) is 2.05. The summed E-state index contributed by atoms with van der Waals surface area (Å²) >= 11 is 1.12. The number of hydrogen-bond acceptors (Lipinski definition) is 4. The van der Waals surface area contributed by atoms with Crippen LogP contribution in [0, 0.1) is 0 Å². The molecule has 1 aliphatic heterocycles. The molecule has 0 aromatic carbocycles. The molecule has 0 saturated heterocycles. The number of rotatable bonds is 3. The van der Waals surface area contributed by atoms with Crippen LogP contribution >= 0.6 is 11.8 Å². The highest BCUT2D eigenvalue weighted by Gasteiger charge is 2.27. The van der Waals surface area contributed by atoms with E-state index < -0.39 is 5.97 Å². The Morgan fingerprint density at radius 2 is 2.43 bits per heavy atom. The molecule has 0 aromatic heterocycles. The van der Waals surface area contributed by atoms with E-state index in [1.165, 1.54) is 0 Å². The van der Waals surface area contributed by atoms with Crippen LogP contribution in [-0.2, 0) is 4.79 Å². The lowest BCUT2D eigenvalue weighted by atomic mass is 10.5. The van der Waals surface area contributed by atoms with Crippen molar-refractivity contribution in [3.8, 4) is 0 Å². The molecule has 0 aromatic rings. The molecular formula is C7H12N4O2S. The van der Waals surface area contributed by atoms with Gasteiger partial charge in [0, 0.05) is 12.7 Å². The van der Waals surface area contributed by atoms with E-state index in [1.54, 1.807) is 11.1 Å². The molecule has 0 radical (unpaired) electrons. The van der Waals surface area contributed by atoms with Crippen molar-refractivity contribution in [3.63, 3.8) is 0 Å². The van der Waals surface area contributed by atoms with Crippen molar-refractivity contribution in [1.29, 1.82) is 0 Å². The molecule has 78 valence electrons. The average molecular weight is 216 g/mol. The molecule has 0 saturated carbocycles. The van der Waals surface area contributed by atoms with Crippen LogP contribution in [0.3, 0.4) is 0 Å². The lowest BCUT2D eigenvalue weighted by Crippen LogP contribution is -2.30. The predicted molar refractivity (Wildman–Crippen MR) is 55.3 cm³/mol. The number of nitrogens with two attached hydrogens (primary N) is 2. The summed E-state index contributed by atoms with van der Waals surface area (Å²) in [6.07, 6.45) is 1.55. The lowest BCUT2D eigenvalue weighted by Gasteiger charge is -2.18. The smallest absolute Gasteiger partial charge is 0.343 e. The van der Waals surface area contributed by atoms with Crippen molar-refractivity contribution in [3.05, 3.63) is 11.1 Å². The Bertz CT molecular complexity index is 298. The van der Waals surface area contributed by atoms with Gasteiger partial charge in [-0.2, -0.15) is 0 Å². The van der Waals surface area contributed by atoms with Gasteiger partial charge < -0.3 is 21.5 Å². The van der Waals surface area contributed by atoms with Gasteiger partial charge in [-0.15, -0.1) is 0 Å². The second kappa shape index (κ2) is 4.23. The topological polar surface area (TPSA) is 105 Å². The predicted octanol–water partition coefficient (Wildman–Crippen LogP) is -0.462. The number of aliphatic imine (C=N–C) groups is 1. The maximum Gasteiger partial charge on any atom is 0.343 e. The van der Waals surface area contributed by atoms with Crippen LogP contribution in [0.25, 0.3) is 0 Å². The van der Waals surface area contributed by atoms with Crippen LogP contribution in [-0.4, -0.2) is 34.0 Å². The molecule has 1 aliphatic rings. The van der Waals surface area contributed by atoms with Gasteiger partial charge >= 0.3 is 5.97 Å². The Morgan fingerprint density at radius 1 is 1.79 bits per heavy atom. The zero-order valence-corrected chi connectivity index (χ0v) is 8.49. The van der Waals surface area contributed by atoms with E-state index in [0.717, 1.165) is 11.8 Å². The summed E-state index contributed by atoms with van der Waals surface area (Å²) in [5, 5.41) is 8.75. The molecule has 7 heteroatoms. The highest BCUT2D eigenvalue weighted by molar-refractivity contribution is 8.04. The van der Waals surface area contributed by atoms with Gasteiger partial charge in [-0.3, -0.25) is 0 Å². The summed E-state index contributed by atoms with van der Waals surface area (Å²) in [7, 11) is 0. The van der Waals surface area contributed by atoms with Crippen LogP contribution in [0.1, 0.15) is 6.92 Å². The summed E-state index contributed by atoms with van der Waals surface area (Å²) in [4.78, 5) is 16.6. The number of carboxylic acid groups (broad SMARTS) is 1. The monoisotopic (exact) mass is 216 g/mol. The van der Waals surface area contributed by atoms with Gasteiger partial charge in [0.05, 0.1) is 0 Å². The third kappa shape index (κ3) is 2.32. The SMILES string of the molecule is CCN1C=C(C(=O)O)SC1N=C(N)N. The zero-order valence-electron chi connectivity index (χ0n) is 7.67. The molecule has 1 rings (SSSR count). The maximum atomic E-state index is 10.7. The summed E-state index contributed by atoms with van der Waals surface area (Å²) in [6.45, 7) is 2.56. The number of guanidine groups is 1. The number of carboxylic acids is 1. The highest BCUT2D eigenvalue weighted by Crippen LogP contribution is 2.33. The first-order valence-electron chi connectivity index (χ1n) is 4.01. The molecule has 1 unspecified atom stereocenters. The van der Waals surface area contributed by atoms with E-state index in [9.17, 15) is 4.79 Å². The van der Waals surface area contributed by atoms with Crippen molar-refractivity contribution in [2.75, 3.05) is 6.54 Å². The third-order valence-corrected chi connectivity index (χ3v) is 2.76. The number of hydrogen-bond donors (Lipinski definition) is 3. The van der Waals surface area contributed by atoms with Gasteiger partial charge in [0.1, 0.15) is 4.91 Å². The van der Waals surface area contributed by atoms with E-state index in [4.69, 9.17) is 16.6 Å². The van der Waals surface area contributed by atoms with Crippen LogP contribution in [0.5, 0.6) is 0 Å². The van der Waals surface area contributed by atoms with Gasteiger partial charge in [-0.05, 0) is 6.92 Å². The van der Waals surface area contributed by atoms with E-state index in [-0.39, 0.29) is 16.4 Å². The minimum Gasteiger partial charge on any atom is -0.477 e. The summed E-state index contributed by atoms with van der Waals surface area (Å²) in [5.74, 6) is -0.997. The molecule has 1 heterocycles. The number of aliphatic carboxylic acids is 1. The molecule has 1 atom stereocenters. The quantitative estimate of drug-likeness (QED) is 0.435. The first-order valence-corrected chi connectivity index (χ1v) is 4.88. The minimum atomic E-state index is -0.957. The van der Waals surface area contributed by atoms with Crippen molar-refractivity contribution < 1.29 is 9.90 Å². The first kappa shape index (κ1) is 10.7. The maximum absolute atomic E-state index is 10.7. The van der Waals surface area contributed by atoms with E-state index in [0.29, 0.717) is 6.54 Å². The molecular weight excluding hydrogens is 204 g/mol. The number of carbonyl (C=O) groups is 1. The van der Waals surface area contributed by atoms with Gasteiger partial charge in [0.15, 0.2) is 11.5 Å². The van der Waals surface area contributed by atoms with Gasteiger partial charge in [-0.1, -0.05) is 11.8 Å². The molecule has 5 N–H and O–H groups in total. The summed E-state index contributed by atoms with van der Waals surface area (Å²) in [6, 6.07) is 0. The number of thioether (sulfide) groups is 1. The molecule has 0 aliphatic carbocycles. The zero-order chi connectivity index (χ0) is 10.7. The van der Waals surface area contributed by atoms with Crippen LogP contribution in [0.4, 0.5) is 0 Å². The normalized spacial score (nSPS) is 20.5. The van der Waals surface area contributed by atoms with Gasteiger partial charge in [0.2, 0.25) is 0 Å². The average Bonchev–Trinajstić information content (AvgIpc) is 2.46. The highest BCUT2D eigenvalue weighted by atomic mass is 32.2. The van der Waals surface area contributed by atoms with E-state index in [1.807, 2.05) is 6.92 Å². The summed E-state index contributed by atoms with van der Waals surface area (Å²) in [5.41, 5.74) is 10.1. The Morgan fingerprint density at radius 3 is 2.86 bits per heavy atom. The fourth-order valence-electron chi connectivity index (χ4n) is 1.01. The van der Waals surface area contributed by atoms with E-state index in [2.05, 4.69) is 4.99 Å². The Hall–Kier alpha value is -1.37. The molecule has 0 fully saturated rings. The second-order valence-corrected chi connectivity index (χ2v) is 3.72. The first-order chi connectivity index (χ1) is 6.54. The van der Waals surface area contributed by atoms with Crippen molar-refractivity contribution in [2.24, 2.45) is 16.5 Å². The lowest BCUT2D eigenvalue weighted by molar-refractivity contribution is -0.131. The third-order valence-electron chi connectivity index (χ3n) is 1.63. The Kier molecular flexibility index (Phi) is 3.23. The van der Waals surface area contributed by atoms with Crippen LogP contribution in [0.15, 0.2) is 16.1 Å². The van der Waals surface area contributed by atoms with Gasteiger partial charge in [0.25, 0.3) is 0 Å². The minimum absolute atomic E-state index is 0.0408. The molecule has 14 heavy (non-hydrogen) atoms. The van der Waals surface area contributed by atoms with Crippen LogP contribution in [0.2, 0.25) is 0 Å². The van der Waals surface area contributed by atoms with Crippen LogP contribution < -0.4 is 11.5 Å². The van der Waals surface area contributed by atoms with Gasteiger partial charge in [-0.25, -0.2) is 9.79 Å². The summed E-state index contributed by atoms with van der Waals surface area (Å²) < 4.78 is 0. The van der Waals surface area contributed by atoms with Crippen molar-refractivity contribution in [1.82, 2.24) is 4.90 Å². The number of nitrogens with zero attached hydrogens (tertiary/aromatic N) is 2. The molecule has 0 spiro atoms. The second-order valence-electron chi connectivity index (χ2n) is 2.63. The Labute approximate surface area is 85.6 Å². The fraction of sp³-hybridized carbons (Fsp3) is 0.429. The molecule has 0 amide bonds. The standard InChI is InChI=1S/C7H12N4O2S/c1-2-11-3-4(5(12)13)14-7(11)10-6(8)9/h3,7H,2H2,1H3,(H,12,13)(H4,8,9,10). The molecule has 6 nitrogen and oxygen atoms in total. The molecule has 0 bridgehead atoms.